The van der Waals surface area contributed by atoms with Crippen molar-refractivity contribution in [2.45, 2.75) is 19.5 Å². The summed E-state index contributed by atoms with van der Waals surface area (Å²) in [6.07, 6.45) is 1.99. The molecule has 2 rings (SSSR count). The van der Waals surface area contributed by atoms with Crippen LogP contribution in [0, 0.1) is 0 Å². The number of aryl methyl sites for hydroxylation is 1. The van der Waals surface area contributed by atoms with Crippen molar-refractivity contribution < 1.29 is 32.3 Å². The van der Waals surface area contributed by atoms with Gasteiger partial charge in [-0.15, -0.1) is 0 Å². The lowest BCUT2D eigenvalue weighted by molar-refractivity contribution is -0.147. The van der Waals surface area contributed by atoms with Crippen LogP contribution in [0.3, 0.4) is 0 Å². The van der Waals surface area contributed by atoms with Gasteiger partial charge in [0.1, 0.15) is 11.5 Å². The maximum Gasteiger partial charge on any atom is 0.387 e. The second-order valence-electron chi connectivity index (χ2n) is 4.69. The molecule has 0 aliphatic heterocycles. The number of carbonyl (C=O) groups excluding carboxylic acids is 2. The van der Waals surface area contributed by atoms with Crippen LogP contribution in [-0.2, 0) is 20.7 Å². The highest BCUT2D eigenvalue weighted by molar-refractivity contribution is 5.92. The van der Waals surface area contributed by atoms with Crippen molar-refractivity contribution in [3.63, 3.8) is 0 Å². The first kappa shape index (κ1) is 17.5. The minimum absolute atomic E-state index is 0.0210. The number of anilines is 1. The van der Waals surface area contributed by atoms with Crippen molar-refractivity contribution >= 4 is 17.6 Å². The minimum Gasteiger partial charge on any atom is -0.469 e. The average molecular weight is 339 g/mol. The molecule has 0 spiro atoms. The standard InChI is InChI=1S/C16H15F2NO5/c17-16(18)24-13-5-3-11(4-6-13)19-14(20)10-23-15(21)8-7-12-2-1-9-22-12/h1-6,9,16H,7-8,10H2,(H,19,20). The molecule has 1 amide bonds. The number of esters is 1. The van der Waals surface area contributed by atoms with Gasteiger partial charge in [-0.3, -0.25) is 9.59 Å². The molecule has 1 aromatic carbocycles. The molecule has 128 valence electrons. The predicted octanol–water partition coefficient (Wildman–Crippen LogP) is 3.00. The van der Waals surface area contributed by atoms with Gasteiger partial charge < -0.3 is 19.2 Å². The first-order chi connectivity index (χ1) is 11.5. The topological polar surface area (TPSA) is 77.8 Å². The van der Waals surface area contributed by atoms with Crippen molar-refractivity contribution in [1.82, 2.24) is 0 Å². The summed E-state index contributed by atoms with van der Waals surface area (Å²) in [5, 5.41) is 2.47. The van der Waals surface area contributed by atoms with Gasteiger partial charge in [-0.05, 0) is 36.4 Å². The first-order valence-electron chi connectivity index (χ1n) is 7.05. The third-order valence-corrected chi connectivity index (χ3v) is 2.88. The third kappa shape index (κ3) is 6.07. The zero-order chi connectivity index (χ0) is 17.4. The molecule has 0 radical (unpaired) electrons. The molecule has 0 saturated heterocycles. The number of carbonyl (C=O) groups is 2. The van der Waals surface area contributed by atoms with E-state index >= 15 is 0 Å². The molecule has 1 aromatic heterocycles. The number of nitrogens with one attached hydrogen (secondary N) is 1. The van der Waals surface area contributed by atoms with E-state index in [1.54, 1.807) is 12.1 Å². The lowest BCUT2D eigenvalue weighted by atomic mass is 10.2. The Kier molecular flexibility index (Phi) is 6.30. The van der Waals surface area contributed by atoms with Crippen LogP contribution in [0.4, 0.5) is 14.5 Å². The van der Waals surface area contributed by atoms with Gasteiger partial charge in [-0.25, -0.2) is 0 Å². The summed E-state index contributed by atoms with van der Waals surface area (Å²) in [5.41, 5.74) is 0.369. The molecule has 1 N–H and O–H groups in total. The number of benzene rings is 1. The number of rotatable bonds is 8. The highest BCUT2D eigenvalue weighted by Gasteiger charge is 2.10. The molecular formula is C16H15F2NO5. The summed E-state index contributed by atoms with van der Waals surface area (Å²) < 4.78 is 38.1. The van der Waals surface area contributed by atoms with Crippen molar-refractivity contribution in [2.24, 2.45) is 0 Å². The zero-order valence-corrected chi connectivity index (χ0v) is 12.5. The normalized spacial score (nSPS) is 10.5. The molecule has 2 aromatic rings. The van der Waals surface area contributed by atoms with E-state index in [9.17, 15) is 18.4 Å². The number of hydrogen-bond donors (Lipinski definition) is 1. The van der Waals surface area contributed by atoms with E-state index in [0.29, 0.717) is 17.9 Å². The fourth-order valence-corrected chi connectivity index (χ4v) is 1.82. The van der Waals surface area contributed by atoms with Crippen LogP contribution in [0.25, 0.3) is 0 Å². The fourth-order valence-electron chi connectivity index (χ4n) is 1.82. The predicted molar refractivity (Wildman–Crippen MR) is 79.7 cm³/mol. The highest BCUT2D eigenvalue weighted by Crippen LogP contribution is 2.17. The molecule has 0 fully saturated rings. The summed E-state index contributed by atoms with van der Waals surface area (Å²) in [5.74, 6) is -0.430. The van der Waals surface area contributed by atoms with Crippen LogP contribution < -0.4 is 10.1 Å². The maximum absolute atomic E-state index is 12.0. The Morgan fingerprint density at radius 2 is 1.92 bits per heavy atom. The van der Waals surface area contributed by atoms with Crippen LogP contribution in [0.5, 0.6) is 5.75 Å². The molecule has 24 heavy (non-hydrogen) atoms. The van der Waals surface area contributed by atoms with Crippen LogP contribution in [-0.4, -0.2) is 25.1 Å². The van der Waals surface area contributed by atoms with E-state index in [4.69, 9.17) is 9.15 Å². The molecule has 8 heteroatoms. The molecule has 0 aliphatic rings. The Balaban J connectivity index is 1.69. The smallest absolute Gasteiger partial charge is 0.387 e. The highest BCUT2D eigenvalue weighted by atomic mass is 19.3. The summed E-state index contributed by atoms with van der Waals surface area (Å²) in [4.78, 5) is 23.2. The van der Waals surface area contributed by atoms with E-state index in [1.807, 2.05) is 0 Å². The number of amides is 1. The Morgan fingerprint density at radius 1 is 1.17 bits per heavy atom. The van der Waals surface area contributed by atoms with Crippen LogP contribution in [0.2, 0.25) is 0 Å². The molecular weight excluding hydrogens is 324 g/mol. The van der Waals surface area contributed by atoms with E-state index in [1.165, 1.54) is 30.5 Å². The molecule has 0 saturated carbocycles. The van der Waals surface area contributed by atoms with E-state index in [-0.39, 0.29) is 12.2 Å². The molecule has 0 aliphatic carbocycles. The van der Waals surface area contributed by atoms with Crippen molar-refractivity contribution in [1.29, 1.82) is 0 Å². The fraction of sp³-hybridized carbons (Fsp3) is 0.250. The van der Waals surface area contributed by atoms with Crippen LogP contribution >= 0.6 is 0 Å². The quantitative estimate of drug-likeness (QED) is 0.748. The third-order valence-electron chi connectivity index (χ3n) is 2.88. The second-order valence-corrected chi connectivity index (χ2v) is 4.69. The SMILES string of the molecule is O=C(COC(=O)CCc1ccco1)Nc1ccc(OC(F)F)cc1. The van der Waals surface area contributed by atoms with Crippen molar-refractivity contribution in [2.75, 3.05) is 11.9 Å². The molecule has 0 unspecified atom stereocenters. The lowest BCUT2D eigenvalue weighted by Crippen LogP contribution is -2.21. The monoisotopic (exact) mass is 339 g/mol. The summed E-state index contributed by atoms with van der Waals surface area (Å²) >= 11 is 0. The summed E-state index contributed by atoms with van der Waals surface area (Å²) in [7, 11) is 0. The van der Waals surface area contributed by atoms with Gasteiger partial charge in [0, 0.05) is 12.1 Å². The van der Waals surface area contributed by atoms with Crippen molar-refractivity contribution in [3.05, 3.63) is 48.4 Å². The summed E-state index contributed by atoms with van der Waals surface area (Å²) in [6.45, 7) is -3.35. The summed E-state index contributed by atoms with van der Waals surface area (Å²) in [6, 6.07) is 8.82. The number of alkyl halides is 2. The average Bonchev–Trinajstić information content (AvgIpc) is 3.06. The number of ether oxygens (including phenoxy) is 2. The molecule has 6 nitrogen and oxygen atoms in total. The van der Waals surface area contributed by atoms with Gasteiger partial charge in [-0.2, -0.15) is 8.78 Å². The van der Waals surface area contributed by atoms with E-state index in [0.717, 1.165) is 0 Å². The second kappa shape index (κ2) is 8.66. The van der Waals surface area contributed by atoms with Crippen molar-refractivity contribution in [3.8, 4) is 5.75 Å². The first-order valence-corrected chi connectivity index (χ1v) is 7.05. The van der Waals surface area contributed by atoms with E-state index < -0.39 is 25.1 Å². The zero-order valence-electron chi connectivity index (χ0n) is 12.5. The minimum atomic E-state index is -2.91. The Morgan fingerprint density at radius 3 is 2.54 bits per heavy atom. The number of furan rings is 1. The Labute approximate surface area is 136 Å². The van der Waals surface area contributed by atoms with Gasteiger partial charge in [-0.1, -0.05) is 0 Å². The molecule has 1 heterocycles. The van der Waals surface area contributed by atoms with Crippen LogP contribution in [0.15, 0.2) is 47.1 Å². The number of halogens is 2. The molecule has 0 bridgehead atoms. The Hall–Kier alpha value is -2.90. The van der Waals surface area contributed by atoms with Gasteiger partial charge in [0.25, 0.3) is 5.91 Å². The van der Waals surface area contributed by atoms with Gasteiger partial charge in [0.15, 0.2) is 6.61 Å². The lowest BCUT2D eigenvalue weighted by Gasteiger charge is -2.08. The van der Waals surface area contributed by atoms with Gasteiger partial charge in [0.2, 0.25) is 0 Å². The number of hydrogen-bond acceptors (Lipinski definition) is 5. The van der Waals surface area contributed by atoms with Gasteiger partial charge >= 0.3 is 12.6 Å². The van der Waals surface area contributed by atoms with Crippen LogP contribution in [0.1, 0.15) is 12.2 Å². The Bertz CT molecular complexity index is 656. The van der Waals surface area contributed by atoms with E-state index in [2.05, 4.69) is 10.1 Å². The largest absolute Gasteiger partial charge is 0.469 e. The molecule has 0 atom stereocenters. The van der Waals surface area contributed by atoms with Gasteiger partial charge in [0.05, 0.1) is 12.7 Å². The maximum atomic E-state index is 12.0.